The van der Waals surface area contributed by atoms with E-state index in [1.807, 2.05) is 23.6 Å². The number of nitrogens with zero attached hydrogens (tertiary/aromatic N) is 1. The molecule has 0 radical (unpaired) electrons. The molecule has 2 aliphatic rings. The first-order chi connectivity index (χ1) is 13.0. The molecule has 0 spiro atoms. The van der Waals surface area contributed by atoms with E-state index in [-0.39, 0.29) is 23.7 Å². The van der Waals surface area contributed by atoms with Crippen LogP contribution in [0.5, 0.6) is 0 Å². The molecule has 3 rings (SSSR count). The average Bonchev–Trinajstić information content (AvgIpc) is 2.65. The predicted octanol–water partition coefficient (Wildman–Crippen LogP) is 2.12. The van der Waals surface area contributed by atoms with Crippen LogP contribution >= 0.6 is 0 Å². The molecule has 152 valence electrons. The molecule has 27 heavy (non-hydrogen) atoms. The highest BCUT2D eigenvalue weighted by Gasteiger charge is 2.34. The summed E-state index contributed by atoms with van der Waals surface area (Å²) < 4.78 is 28.3. The lowest BCUT2D eigenvalue weighted by Crippen LogP contribution is -2.49. The normalized spacial score (nSPS) is 29.3. The third-order valence-corrected chi connectivity index (χ3v) is 6.55. The Morgan fingerprint density at radius 1 is 1.22 bits per heavy atom. The lowest BCUT2D eigenvalue weighted by molar-refractivity contribution is -0.0136. The summed E-state index contributed by atoms with van der Waals surface area (Å²) in [5.74, 6) is 0.632. The van der Waals surface area contributed by atoms with Gasteiger partial charge in [-0.05, 0) is 57.4 Å². The van der Waals surface area contributed by atoms with Gasteiger partial charge in [-0.25, -0.2) is 0 Å². The summed E-state index contributed by atoms with van der Waals surface area (Å²) in [5, 5.41) is 0. The van der Waals surface area contributed by atoms with Gasteiger partial charge in [0.1, 0.15) is 6.26 Å². The number of aromatic nitrogens is 1. The van der Waals surface area contributed by atoms with E-state index in [0.29, 0.717) is 12.5 Å². The van der Waals surface area contributed by atoms with Crippen LogP contribution in [0.1, 0.15) is 49.4 Å². The number of nitrogens with one attached hydrogen (secondary N) is 1. The van der Waals surface area contributed by atoms with Crippen molar-refractivity contribution in [2.45, 2.75) is 63.6 Å². The first-order valence-electron chi connectivity index (χ1n) is 9.90. The van der Waals surface area contributed by atoms with Crippen molar-refractivity contribution in [2.75, 3.05) is 26.6 Å². The van der Waals surface area contributed by atoms with Gasteiger partial charge in [0.2, 0.25) is 0 Å². The smallest absolute Gasteiger partial charge is 0.254 e. The quantitative estimate of drug-likeness (QED) is 0.715. The van der Waals surface area contributed by atoms with E-state index < -0.39 is 11.4 Å². The van der Waals surface area contributed by atoms with Gasteiger partial charge >= 0.3 is 0 Å². The van der Waals surface area contributed by atoms with E-state index in [9.17, 15) is 9.35 Å². The molecule has 0 amide bonds. The van der Waals surface area contributed by atoms with Crippen LogP contribution in [-0.4, -0.2) is 47.8 Å². The molecule has 1 saturated carbocycles. The Morgan fingerprint density at radius 2 is 1.96 bits per heavy atom. The zero-order valence-corrected chi connectivity index (χ0v) is 17.4. The molecule has 7 heteroatoms. The number of hydrogen-bond acceptors (Lipinski definition) is 5. The molecule has 0 saturated heterocycles. The van der Waals surface area contributed by atoms with Gasteiger partial charge in [0.15, 0.2) is 0 Å². The summed E-state index contributed by atoms with van der Waals surface area (Å²) in [6.07, 6.45) is 7.86. The van der Waals surface area contributed by atoms with Gasteiger partial charge in [-0.15, -0.1) is 4.72 Å². The Balaban J connectivity index is 1.71. The standard InChI is InChI=1S/C20H32N2O4S/c1-14-4-7-16-8-11-18(21-27(3)24)19(22(16)20(14)23)13-26-17-9-5-15(6-10-17)12-25-2/h4,7,15,17-19,21H,5-6,8-13H2,1-3H3. The van der Waals surface area contributed by atoms with Crippen LogP contribution in [0.15, 0.2) is 16.9 Å². The second kappa shape index (κ2) is 9.56. The molecule has 1 aromatic rings. The van der Waals surface area contributed by atoms with Crippen molar-refractivity contribution in [1.82, 2.24) is 9.29 Å². The summed E-state index contributed by atoms with van der Waals surface area (Å²) >= 11 is -1.12. The second-order valence-corrected chi connectivity index (χ2v) is 9.04. The number of pyridine rings is 1. The number of ether oxygens (including phenoxy) is 2. The van der Waals surface area contributed by atoms with Crippen LogP contribution in [0.3, 0.4) is 0 Å². The Bertz CT molecular complexity index is 670. The van der Waals surface area contributed by atoms with Gasteiger partial charge < -0.3 is 18.6 Å². The third-order valence-electron chi connectivity index (χ3n) is 5.92. The summed E-state index contributed by atoms with van der Waals surface area (Å²) in [7, 11) is 1.76. The van der Waals surface area contributed by atoms with Gasteiger partial charge in [0.25, 0.3) is 5.56 Å². The van der Waals surface area contributed by atoms with Crippen LogP contribution in [0.2, 0.25) is 0 Å². The average molecular weight is 397 g/mol. The Kier molecular flexibility index (Phi) is 7.39. The molecule has 2 heterocycles. The molecular weight excluding hydrogens is 364 g/mol. The van der Waals surface area contributed by atoms with Crippen molar-refractivity contribution < 1.29 is 14.0 Å². The number of hydrogen-bond donors (Lipinski definition) is 1. The highest BCUT2D eigenvalue weighted by atomic mass is 32.2. The van der Waals surface area contributed by atoms with Crippen LogP contribution in [0.4, 0.5) is 0 Å². The van der Waals surface area contributed by atoms with Crippen molar-refractivity contribution in [3.05, 3.63) is 33.7 Å². The fourth-order valence-corrected chi connectivity index (χ4v) is 5.11. The van der Waals surface area contributed by atoms with E-state index >= 15 is 0 Å². The minimum absolute atomic E-state index is 0.0207. The second-order valence-electron chi connectivity index (χ2n) is 7.90. The van der Waals surface area contributed by atoms with Gasteiger partial charge in [0.05, 0.1) is 24.8 Å². The van der Waals surface area contributed by atoms with Crippen molar-refractivity contribution in [3.8, 4) is 0 Å². The Morgan fingerprint density at radius 3 is 2.63 bits per heavy atom. The molecule has 6 nitrogen and oxygen atoms in total. The lowest BCUT2D eigenvalue weighted by atomic mass is 9.88. The van der Waals surface area contributed by atoms with Crippen molar-refractivity contribution in [1.29, 1.82) is 0 Å². The molecule has 0 bridgehead atoms. The largest absolute Gasteiger partial charge is 0.598 e. The molecule has 1 fully saturated rings. The first-order valence-corrected chi connectivity index (χ1v) is 11.5. The summed E-state index contributed by atoms with van der Waals surface area (Å²) in [6, 6.07) is 3.79. The lowest BCUT2D eigenvalue weighted by Gasteiger charge is -2.36. The van der Waals surface area contributed by atoms with E-state index in [2.05, 4.69) is 4.72 Å². The fourth-order valence-electron chi connectivity index (χ4n) is 4.41. The molecule has 0 aromatic carbocycles. The zero-order valence-electron chi connectivity index (χ0n) is 16.6. The fraction of sp³-hybridized carbons (Fsp3) is 0.750. The number of methoxy groups -OCH3 is 1. The van der Waals surface area contributed by atoms with Gasteiger partial charge in [-0.3, -0.25) is 4.79 Å². The highest BCUT2D eigenvalue weighted by molar-refractivity contribution is 7.88. The topological polar surface area (TPSA) is 75.6 Å². The van der Waals surface area contributed by atoms with E-state index in [1.165, 1.54) is 0 Å². The highest BCUT2D eigenvalue weighted by Crippen LogP contribution is 2.29. The van der Waals surface area contributed by atoms with Crippen LogP contribution in [0.25, 0.3) is 0 Å². The number of aryl methyl sites for hydroxylation is 2. The monoisotopic (exact) mass is 396 g/mol. The van der Waals surface area contributed by atoms with E-state index in [1.54, 1.807) is 13.4 Å². The van der Waals surface area contributed by atoms with Crippen molar-refractivity contribution in [3.63, 3.8) is 0 Å². The van der Waals surface area contributed by atoms with Crippen molar-refractivity contribution in [2.24, 2.45) is 5.92 Å². The first kappa shape index (κ1) is 20.9. The number of rotatable bonds is 7. The molecular formula is C20H32N2O4S. The van der Waals surface area contributed by atoms with Crippen LogP contribution in [0, 0.1) is 12.8 Å². The molecule has 1 aromatic heterocycles. The summed E-state index contributed by atoms with van der Waals surface area (Å²) in [4.78, 5) is 12.8. The maximum absolute atomic E-state index is 12.8. The van der Waals surface area contributed by atoms with Crippen LogP contribution in [-0.2, 0) is 27.3 Å². The minimum atomic E-state index is -1.12. The molecule has 1 N–H and O–H groups in total. The van der Waals surface area contributed by atoms with E-state index in [4.69, 9.17) is 9.47 Å². The molecule has 3 unspecified atom stereocenters. The van der Waals surface area contributed by atoms with Gasteiger partial charge in [-0.2, -0.15) is 0 Å². The molecule has 3 atom stereocenters. The molecule has 1 aliphatic heterocycles. The summed E-state index contributed by atoms with van der Waals surface area (Å²) in [5.41, 5.74) is 1.82. The maximum Gasteiger partial charge on any atom is 0.254 e. The van der Waals surface area contributed by atoms with Gasteiger partial charge in [0, 0.05) is 36.3 Å². The van der Waals surface area contributed by atoms with Crippen molar-refractivity contribution >= 4 is 11.4 Å². The Hall–Kier alpha value is -0.860. The zero-order chi connectivity index (χ0) is 19.4. The minimum Gasteiger partial charge on any atom is -0.598 e. The Labute approximate surface area is 164 Å². The summed E-state index contributed by atoms with van der Waals surface area (Å²) in [6.45, 7) is 3.15. The number of fused-ring (bicyclic) bond motifs is 1. The predicted molar refractivity (Wildman–Crippen MR) is 107 cm³/mol. The SMILES string of the molecule is COCC1CCC(OCC2C(N[S+](C)[O-])CCc3ccc(C)c(=O)n32)CC1. The molecule has 1 aliphatic carbocycles. The maximum atomic E-state index is 12.8. The van der Waals surface area contributed by atoms with Gasteiger partial charge in [-0.1, -0.05) is 6.07 Å². The van der Waals surface area contributed by atoms with Crippen LogP contribution < -0.4 is 10.3 Å². The third kappa shape index (κ3) is 5.15. The van der Waals surface area contributed by atoms with E-state index in [0.717, 1.165) is 56.4 Å².